The van der Waals surface area contributed by atoms with Crippen molar-refractivity contribution in [1.82, 2.24) is 10.2 Å². The van der Waals surface area contributed by atoms with Crippen molar-refractivity contribution in [3.63, 3.8) is 0 Å². The van der Waals surface area contributed by atoms with Crippen LogP contribution in [0.4, 0.5) is 0 Å². The first-order valence-corrected chi connectivity index (χ1v) is 5.64. The quantitative estimate of drug-likeness (QED) is 0.812. The molecule has 1 heterocycles. The number of hydrogen-bond acceptors (Lipinski definition) is 1. The predicted octanol–water partition coefficient (Wildman–Crippen LogP) is 3.67. The van der Waals surface area contributed by atoms with E-state index in [9.17, 15) is 0 Å². The molecule has 2 rings (SSSR count). The first-order chi connectivity index (χ1) is 7.56. The molecule has 0 bridgehead atoms. The number of nitrogens with zero attached hydrogens (tertiary/aromatic N) is 1. The van der Waals surface area contributed by atoms with Crippen LogP contribution in [-0.2, 0) is 6.42 Å². The number of aromatic amines is 1. The van der Waals surface area contributed by atoms with Crippen molar-refractivity contribution < 1.29 is 0 Å². The molecule has 0 spiro atoms. The van der Waals surface area contributed by atoms with Gasteiger partial charge < -0.3 is 0 Å². The molecular weight excluding hydrogens is 196 g/mol. The summed E-state index contributed by atoms with van der Waals surface area (Å²) in [7, 11) is 0. The summed E-state index contributed by atoms with van der Waals surface area (Å²) in [6, 6.07) is 10.4. The van der Waals surface area contributed by atoms with Gasteiger partial charge in [0.15, 0.2) is 0 Å². The first kappa shape index (κ1) is 10.9. The number of H-pyrrole nitrogens is 1. The van der Waals surface area contributed by atoms with Crippen molar-refractivity contribution in [2.24, 2.45) is 5.41 Å². The Labute approximate surface area is 96.7 Å². The van der Waals surface area contributed by atoms with Crippen molar-refractivity contribution in [1.29, 1.82) is 0 Å². The lowest BCUT2D eigenvalue weighted by molar-refractivity contribution is 0.412. The van der Waals surface area contributed by atoms with Crippen LogP contribution in [0.2, 0.25) is 0 Å². The summed E-state index contributed by atoms with van der Waals surface area (Å²) in [5, 5.41) is 7.25. The van der Waals surface area contributed by atoms with Gasteiger partial charge >= 0.3 is 0 Å². The third-order valence-corrected chi connectivity index (χ3v) is 2.50. The molecule has 2 nitrogen and oxygen atoms in total. The van der Waals surface area contributed by atoms with E-state index in [0.29, 0.717) is 0 Å². The lowest BCUT2D eigenvalue weighted by atomic mass is 9.87. The molecule has 0 aliphatic heterocycles. The summed E-state index contributed by atoms with van der Waals surface area (Å²) in [5.41, 5.74) is 3.93. The van der Waals surface area contributed by atoms with Gasteiger partial charge in [-0.15, -0.1) is 0 Å². The zero-order valence-corrected chi connectivity index (χ0v) is 10.1. The van der Waals surface area contributed by atoms with Crippen LogP contribution in [0.1, 0.15) is 26.3 Å². The molecular formula is C14H18N2. The van der Waals surface area contributed by atoms with Gasteiger partial charge in [0.1, 0.15) is 0 Å². The maximum Gasteiger partial charge on any atom is 0.0682 e. The van der Waals surface area contributed by atoms with E-state index in [1.807, 2.05) is 12.3 Å². The molecule has 16 heavy (non-hydrogen) atoms. The van der Waals surface area contributed by atoms with Crippen LogP contribution in [-0.4, -0.2) is 10.2 Å². The van der Waals surface area contributed by atoms with Gasteiger partial charge in [-0.2, -0.15) is 5.10 Å². The van der Waals surface area contributed by atoms with Gasteiger partial charge in [-0.1, -0.05) is 51.1 Å². The highest BCUT2D eigenvalue weighted by Crippen LogP contribution is 2.27. The molecule has 0 unspecified atom stereocenters. The zero-order valence-electron chi connectivity index (χ0n) is 10.1. The van der Waals surface area contributed by atoms with Crippen LogP contribution in [0, 0.1) is 5.41 Å². The molecule has 2 aromatic rings. The van der Waals surface area contributed by atoms with Crippen LogP contribution in [0.15, 0.2) is 36.5 Å². The fraction of sp³-hybridized carbons (Fsp3) is 0.357. The lowest BCUT2D eigenvalue weighted by Gasteiger charge is -2.17. The number of benzene rings is 1. The SMILES string of the molecule is CC(C)(C)Cc1cn[nH]c1-c1ccccc1. The maximum absolute atomic E-state index is 4.16. The first-order valence-electron chi connectivity index (χ1n) is 5.64. The summed E-state index contributed by atoms with van der Waals surface area (Å²) < 4.78 is 0. The molecule has 0 amide bonds. The smallest absolute Gasteiger partial charge is 0.0682 e. The van der Waals surface area contributed by atoms with Crippen molar-refractivity contribution in [2.45, 2.75) is 27.2 Å². The van der Waals surface area contributed by atoms with E-state index >= 15 is 0 Å². The average Bonchev–Trinajstić information content (AvgIpc) is 2.64. The van der Waals surface area contributed by atoms with Gasteiger partial charge in [0, 0.05) is 0 Å². The maximum atomic E-state index is 4.16. The molecule has 0 aliphatic carbocycles. The second kappa shape index (κ2) is 4.12. The Kier molecular flexibility index (Phi) is 2.82. The van der Waals surface area contributed by atoms with Gasteiger partial charge in [0.05, 0.1) is 11.9 Å². The summed E-state index contributed by atoms with van der Waals surface area (Å²) in [4.78, 5) is 0. The molecule has 1 N–H and O–H groups in total. The summed E-state index contributed by atoms with van der Waals surface area (Å²) in [5.74, 6) is 0. The minimum absolute atomic E-state index is 0.285. The average molecular weight is 214 g/mol. The Bertz CT molecular complexity index is 449. The van der Waals surface area contributed by atoms with E-state index in [1.165, 1.54) is 11.1 Å². The van der Waals surface area contributed by atoms with E-state index in [4.69, 9.17) is 0 Å². The van der Waals surface area contributed by atoms with E-state index in [2.05, 4.69) is 55.2 Å². The minimum Gasteiger partial charge on any atom is -0.278 e. The summed E-state index contributed by atoms with van der Waals surface area (Å²) in [6.45, 7) is 6.73. The van der Waals surface area contributed by atoms with Crippen LogP contribution in [0.5, 0.6) is 0 Å². The Balaban J connectivity index is 2.33. The van der Waals surface area contributed by atoms with Gasteiger partial charge in [0.2, 0.25) is 0 Å². The van der Waals surface area contributed by atoms with E-state index in [1.54, 1.807) is 0 Å². The van der Waals surface area contributed by atoms with Crippen molar-refractivity contribution in [3.05, 3.63) is 42.1 Å². The molecule has 2 heteroatoms. The van der Waals surface area contributed by atoms with Crippen LogP contribution < -0.4 is 0 Å². The highest BCUT2D eigenvalue weighted by Gasteiger charge is 2.16. The second-order valence-electron chi connectivity index (χ2n) is 5.37. The van der Waals surface area contributed by atoms with Crippen LogP contribution in [0.3, 0.4) is 0 Å². The molecule has 0 saturated heterocycles. The van der Waals surface area contributed by atoms with Gasteiger partial charge in [-0.05, 0) is 23.0 Å². The third kappa shape index (κ3) is 2.51. The largest absolute Gasteiger partial charge is 0.278 e. The Morgan fingerprint density at radius 1 is 1.12 bits per heavy atom. The normalized spacial score (nSPS) is 11.7. The number of aromatic nitrogens is 2. The Morgan fingerprint density at radius 2 is 1.81 bits per heavy atom. The van der Waals surface area contributed by atoms with E-state index in [0.717, 1.165) is 12.1 Å². The van der Waals surface area contributed by atoms with Crippen molar-refractivity contribution >= 4 is 0 Å². The third-order valence-electron chi connectivity index (χ3n) is 2.50. The second-order valence-corrected chi connectivity index (χ2v) is 5.37. The monoisotopic (exact) mass is 214 g/mol. The molecule has 84 valence electrons. The molecule has 1 aromatic heterocycles. The highest BCUT2D eigenvalue weighted by molar-refractivity contribution is 5.62. The van der Waals surface area contributed by atoms with Gasteiger partial charge in [-0.25, -0.2) is 0 Å². The summed E-state index contributed by atoms with van der Waals surface area (Å²) in [6.07, 6.45) is 2.97. The van der Waals surface area contributed by atoms with Gasteiger partial charge in [-0.3, -0.25) is 5.10 Å². The van der Waals surface area contributed by atoms with E-state index in [-0.39, 0.29) is 5.41 Å². The Morgan fingerprint density at radius 3 is 2.44 bits per heavy atom. The molecule has 0 fully saturated rings. The highest BCUT2D eigenvalue weighted by atomic mass is 15.1. The molecule has 0 aliphatic rings. The molecule has 1 aromatic carbocycles. The standard InChI is InChI=1S/C14H18N2/c1-14(2,3)9-12-10-15-16-13(12)11-7-5-4-6-8-11/h4-8,10H,9H2,1-3H3,(H,15,16). The number of hydrogen-bond donors (Lipinski definition) is 1. The van der Waals surface area contributed by atoms with Crippen LogP contribution >= 0.6 is 0 Å². The topological polar surface area (TPSA) is 28.7 Å². The minimum atomic E-state index is 0.285. The molecule has 0 radical (unpaired) electrons. The zero-order chi connectivity index (χ0) is 11.6. The lowest BCUT2D eigenvalue weighted by Crippen LogP contribution is -2.09. The molecule has 0 atom stereocenters. The predicted molar refractivity (Wildman–Crippen MR) is 67.2 cm³/mol. The van der Waals surface area contributed by atoms with Gasteiger partial charge in [0.25, 0.3) is 0 Å². The fourth-order valence-electron chi connectivity index (χ4n) is 1.87. The van der Waals surface area contributed by atoms with E-state index < -0.39 is 0 Å². The van der Waals surface area contributed by atoms with Crippen molar-refractivity contribution in [3.8, 4) is 11.3 Å². The summed E-state index contributed by atoms with van der Waals surface area (Å²) >= 11 is 0. The Hall–Kier alpha value is -1.57. The fourth-order valence-corrected chi connectivity index (χ4v) is 1.87. The van der Waals surface area contributed by atoms with Crippen molar-refractivity contribution in [2.75, 3.05) is 0 Å². The molecule has 0 saturated carbocycles. The van der Waals surface area contributed by atoms with Crippen LogP contribution in [0.25, 0.3) is 11.3 Å². The number of rotatable bonds is 2. The number of nitrogens with one attached hydrogen (secondary N) is 1.